The molecule has 2 saturated heterocycles. The van der Waals surface area contributed by atoms with Crippen LogP contribution in [0.5, 0.6) is 0 Å². The molecule has 0 bridgehead atoms. The van der Waals surface area contributed by atoms with Gasteiger partial charge in [-0.05, 0) is 24.5 Å². The molecule has 2 fully saturated rings. The number of nitrogens with zero attached hydrogens (tertiary/aromatic N) is 3. The number of rotatable bonds is 4. The van der Waals surface area contributed by atoms with Crippen molar-refractivity contribution >= 4 is 11.6 Å². The number of morpholine rings is 1. The molecule has 3 heterocycles. The standard InChI is InChI=1S/C20H30N4O2/c1-21-20(24-8-6-16-4-2-3-5-18(16)24)22-14-19(17-7-11-26-15-17)23-9-12-25-13-10-23/h2-5,17,19H,6-15H2,1H3,(H,21,22). The van der Waals surface area contributed by atoms with Gasteiger partial charge in [0, 0.05) is 57.5 Å². The number of fused-ring (bicyclic) bond motifs is 1. The topological polar surface area (TPSA) is 49.3 Å². The van der Waals surface area contributed by atoms with Crippen LogP contribution >= 0.6 is 0 Å². The summed E-state index contributed by atoms with van der Waals surface area (Å²) in [5.41, 5.74) is 2.69. The minimum atomic E-state index is 0.469. The van der Waals surface area contributed by atoms with Gasteiger partial charge < -0.3 is 19.7 Å². The van der Waals surface area contributed by atoms with E-state index < -0.39 is 0 Å². The second-order valence-electron chi connectivity index (χ2n) is 7.30. The first-order chi connectivity index (χ1) is 12.9. The quantitative estimate of drug-likeness (QED) is 0.651. The van der Waals surface area contributed by atoms with Crippen LogP contribution in [0.4, 0.5) is 5.69 Å². The first-order valence-corrected chi connectivity index (χ1v) is 9.82. The average Bonchev–Trinajstić information content (AvgIpc) is 3.36. The molecule has 0 aliphatic carbocycles. The van der Waals surface area contributed by atoms with Gasteiger partial charge >= 0.3 is 0 Å². The average molecular weight is 358 g/mol. The number of benzene rings is 1. The molecule has 142 valence electrons. The Labute approximate surface area is 156 Å². The van der Waals surface area contributed by atoms with Gasteiger partial charge in [-0.3, -0.25) is 9.89 Å². The minimum Gasteiger partial charge on any atom is -0.381 e. The molecule has 0 spiro atoms. The van der Waals surface area contributed by atoms with E-state index in [1.165, 1.54) is 11.3 Å². The SMILES string of the molecule is CN=C(NCC(C1CCOC1)N1CCOCC1)N1CCc2ccccc21. The number of para-hydroxylation sites is 1. The molecule has 0 aromatic heterocycles. The Balaban J connectivity index is 1.44. The van der Waals surface area contributed by atoms with Gasteiger partial charge in [0.25, 0.3) is 0 Å². The van der Waals surface area contributed by atoms with Crippen molar-refractivity contribution < 1.29 is 9.47 Å². The fraction of sp³-hybridized carbons (Fsp3) is 0.650. The minimum absolute atomic E-state index is 0.469. The Hall–Kier alpha value is -1.63. The highest BCUT2D eigenvalue weighted by molar-refractivity contribution is 5.97. The van der Waals surface area contributed by atoms with Crippen LogP contribution in [0.15, 0.2) is 29.3 Å². The predicted octanol–water partition coefficient (Wildman–Crippen LogP) is 1.36. The van der Waals surface area contributed by atoms with Crippen molar-refractivity contribution in [1.82, 2.24) is 10.2 Å². The second kappa shape index (κ2) is 8.37. The molecule has 0 radical (unpaired) electrons. The maximum atomic E-state index is 5.68. The van der Waals surface area contributed by atoms with Gasteiger partial charge in [0.1, 0.15) is 0 Å². The van der Waals surface area contributed by atoms with Crippen LogP contribution in [0.3, 0.4) is 0 Å². The van der Waals surface area contributed by atoms with Gasteiger partial charge in [0.2, 0.25) is 0 Å². The van der Waals surface area contributed by atoms with E-state index in [1.54, 1.807) is 0 Å². The molecule has 3 aliphatic heterocycles. The summed E-state index contributed by atoms with van der Waals surface area (Å²) in [7, 11) is 1.88. The van der Waals surface area contributed by atoms with Gasteiger partial charge in [-0.2, -0.15) is 0 Å². The first kappa shape index (κ1) is 17.8. The number of aliphatic imine (C=N–C) groups is 1. The van der Waals surface area contributed by atoms with E-state index in [0.29, 0.717) is 12.0 Å². The zero-order valence-electron chi connectivity index (χ0n) is 15.7. The molecule has 4 rings (SSSR count). The first-order valence-electron chi connectivity index (χ1n) is 9.82. The molecule has 0 saturated carbocycles. The zero-order valence-corrected chi connectivity index (χ0v) is 15.7. The van der Waals surface area contributed by atoms with Crippen molar-refractivity contribution in [1.29, 1.82) is 0 Å². The predicted molar refractivity (Wildman–Crippen MR) is 104 cm³/mol. The van der Waals surface area contributed by atoms with Gasteiger partial charge in [0.15, 0.2) is 5.96 Å². The van der Waals surface area contributed by atoms with Crippen molar-refractivity contribution in [2.24, 2.45) is 10.9 Å². The molecule has 0 amide bonds. The molecule has 1 aromatic carbocycles. The van der Waals surface area contributed by atoms with Crippen LogP contribution in [0, 0.1) is 5.92 Å². The lowest BCUT2D eigenvalue weighted by Gasteiger charge is -2.38. The summed E-state index contributed by atoms with van der Waals surface area (Å²) >= 11 is 0. The molecule has 1 N–H and O–H groups in total. The summed E-state index contributed by atoms with van der Waals surface area (Å²) < 4.78 is 11.2. The van der Waals surface area contributed by atoms with E-state index in [-0.39, 0.29) is 0 Å². The van der Waals surface area contributed by atoms with Crippen LogP contribution in [0.25, 0.3) is 0 Å². The molecule has 3 aliphatic rings. The summed E-state index contributed by atoms with van der Waals surface area (Å²) in [5.74, 6) is 1.57. The highest BCUT2D eigenvalue weighted by Gasteiger charge is 2.32. The molecule has 6 nitrogen and oxygen atoms in total. The van der Waals surface area contributed by atoms with Crippen LogP contribution in [-0.4, -0.2) is 76.6 Å². The largest absolute Gasteiger partial charge is 0.381 e. The van der Waals surface area contributed by atoms with Crippen LogP contribution in [-0.2, 0) is 15.9 Å². The van der Waals surface area contributed by atoms with Crippen molar-refractivity contribution in [3.8, 4) is 0 Å². The fourth-order valence-electron chi connectivity index (χ4n) is 4.41. The lowest BCUT2D eigenvalue weighted by molar-refractivity contribution is 0.00249. The summed E-state index contributed by atoms with van der Waals surface area (Å²) in [6.07, 6.45) is 2.23. The lowest BCUT2D eigenvalue weighted by atomic mass is 9.97. The Kier molecular flexibility index (Phi) is 5.72. The molecule has 26 heavy (non-hydrogen) atoms. The molecule has 6 heteroatoms. The third-order valence-corrected chi connectivity index (χ3v) is 5.85. The molecule has 2 unspecified atom stereocenters. The highest BCUT2D eigenvalue weighted by Crippen LogP contribution is 2.27. The maximum absolute atomic E-state index is 5.68. The number of hydrogen-bond acceptors (Lipinski definition) is 4. The van der Waals surface area contributed by atoms with Gasteiger partial charge in [-0.15, -0.1) is 0 Å². The maximum Gasteiger partial charge on any atom is 0.198 e. The number of nitrogens with one attached hydrogen (secondary N) is 1. The van der Waals surface area contributed by atoms with E-state index >= 15 is 0 Å². The fourth-order valence-corrected chi connectivity index (χ4v) is 4.41. The Bertz CT molecular complexity index is 624. The number of anilines is 1. The van der Waals surface area contributed by atoms with Gasteiger partial charge in [0.05, 0.1) is 19.8 Å². The number of ether oxygens (including phenoxy) is 2. The second-order valence-corrected chi connectivity index (χ2v) is 7.30. The van der Waals surface area contributed by atoms with E-state index in [9.17, 15) is 0 Å². The van der Waals surface area contributed by atoms with Crippen molar-refractivity contribution in [2.75, 3.05) is 64.6 Å². The summed E-state index contributed by atoms with van der Waals surface area (Å²) in [6, 6.07) is 9.11. The van der Waals surface area contributed by atoms with Crippen LogP contribution in [0.1, 0.15) is 12.0 Å². The van der Waals surface area contributed by atoms with E-state index in [0.717, 1.165) is 71.4 Å². The molecule has 1 aromatic rings. The van der Waals surface area contributed by atoms with Gasteiger partial charge in [-0.1, -0.05) is 18.2 Å². The van der Waals surface area contributed by atoms with Crippen molar-refractivity contribution in [2.45, 2.75) is 18.9 Å². The molecule has 2 atom stereocenters. The highest BCUT2D eigenvalue weighted by atomic mass is 16.5. The third kappa shape index (κ3) is 3.72. The normalized spacial score (nSPS) is 25.3. The van der Waals surface area contributed by atoms with Gasteiger partial charge in [-0.25, -0.2) is 0 Å². The summed E-state index contributed by atoms with van der Waals surface area (Å²) in [4.78, 5) is 9.46. The van der Waals surface area contributed by atoms with Crippen LogP contribution < -0.4 is 10.2 Å². The zero-order chi connectivity index (χ0) is 17.8. The van der Waals surface area contributed by atoms with Crippen molar-refractivity contribution in [3.63, 3.8) is 0 Å². The molecular formula is C20H30N4O2. The smallest absolute Gasteiger partial charge is 0.198 e. The summed E-state index contributed by atoms with van der Waals surface area (Å²) in [5, 5.41) is 3.66. The summed E-state index contributed by atoms with van der Waals surface area (Å²) in [6.45, 7) is 7.33. The number of guanidine groups is 1. The third-order valence-electron chi connectivity index (χ3n) is 5.85. The van der Waals surface area contributed by atoms with E-state index in [4.69, 9.17) is 9.47 Å². The van der Waals surface area contributed by atoms with E-state index in [2.05, 4.69) is 44.4 Å². The molecular weight excluding hydrogens is 328 g/mol. The van der Waals surface area contributed by atoms with E-state index in [1.807, 2.05) is 7.05 Å². The Morgan fingerprint density at radius 3 is 2.81 bits per heavy atom. The Morgan fingerprint density at radius 1 is 1.19 bits per heavy atom. The van der Waals surface area contributed by atoms with Crippen LogP contribution in [0.2, 0.25) is 0 Å². The number of hydrogen-bond donors (Lipinski definition) is 1. The lowest BCUT2D eigenvalue weighted by Crippen LogP contribution is -2.54. The van der Waals surface area contributed by atoms with Crippen molar-refractivity contribution in [3.05, 3.63) is 29.8 Å². The Morgan fingerprint density at radius 2 is 2.04 bits per heavy atom. The monoisotopic (exact) mass is 358 g/mol.